The van der Waals surface area contributed by atoms with Crippen molar-refractivity contribution in [1.82, 2.24) is 9.97 Å². The van der Waals surface area contributed by atoms with Gasteiger partial charge < -0.3 is 9.80 Å². The minimum atomic E-state index is 0.708. The van der Waals surface area contributed by atoms with Gasteiger partial charge >= 0.3 is 0 Å². The molecule has 4 nitrogen and oxygen atoms in total. The zero-order chi connectivity index (χ0) is 15.6. The summed E-state index contributed by atoms with van der Waals surface area (Å²) in [6, 6.07) is 12.2. The number of piperazine rings is 1. The third-order valence-corrected chi connectivity index (χ3v) is 4.65. The van der Waals surface area contributed by atoms with Gasteiger partial charge in [-0.15, -0.1) is 0 Å². The van der Waals surface area contributed by atoms with E-state index in [1.54, 1.807) is 0 Å². The molecule has 1 aliphatic rings. The first-order valence-electron chi connectivity index (χ1n) is 7.76. The number of fused-ring (bicyclic) bond motifs is 1. The number of rotatable bonds is 2. The molecule has 0 spiro atoms. The summed E-state index contributed by atoms with van der Waals surface area (Å²) >= 11 is 6.28. The van der Waals surface area contributed by atoms with Gasteiger partial charge in [0.1, 0.15) is 0 Å². The fourth-order valence-electron chi connectivity index (χ4n) is 3.16. The van der Waals surface area contributed by atoms with Crippen LogP contribution in [0.5, 0.6) is 0 Å². The molecule has 5 heteroatoms. The van der Waals surface area contributed by atoms with Crippen molar-refractivity contribution >= 4 is 33.9 Å². The quantitative estimate of drug-likeness (QED) is 0.721. The number of hydrogen-bond acceptors (Lipinski definition) is 4. The van der Waals surface area contributed by atoms with Crippen LogP contribution in [0.2, 0.25) is 5.02 Å². The van der Waals surface area contributed by atoms with Crippen molar-refractivity contribution in [2.45, 2.75) is 0 Å². The van der Waals surface area contributed by atoms with Crippen LogP contribution in [-0.4, -0.2) is 36.1 Å². The van der Waals surface area contributed by atoms with Crippen molar-refractivity contribution in [1.29, 1.82) is 0 Å². The summed E-state index contributed by atoms with van der Waals surface area (Å²) in [5.74, 6) is 0. The highest BCUT2D eigenvalue weighted by atomic mass is 35.5. The van der Waals surface area contributed by atoms with E-state index < -0.39 is 0 Å². The second kappa shape index (κ2) is 6.05. The van der Waals surface area contributed by atoms with Gasteiger partial charge in [0.15, 0.2) is 0 Å². The molecular weight excluding hydrogens is 308 g/mol. The lowest BCUT2D eigenvalue weighted by atomic mass is 10.1. The molecule has 0 radical (unpaired) electrons. The Kier molecular flexibility index (Phi) is 3.75. The average Bonchev–Trinajstić information content (AvgIpc) is 2.63. The van der Waals surface area contributed by atoms with Gasteiger partial charge in [-0.1, -0.05) is 23.7 Å². The topological polar surface area (TPSA) is 32.3 Å². The minimum absolute atomic E-state index is 0.708. The first-order valence-corrected chi connectivity index (χ1v) is 8.14. The SMILES string of the molecule is Clc1cccc2c(N3CCN(c4ccncc4)CC3)ccnc12. The maximum absolute atomic E-state index is 6.28. The number of hydrogen-bond donors (Lipinski definition) is 0. The van der Waals surface area contributed by atoms with Crippen LogP contribution in [0.3, 0.4) is 0 Å². The Morgan fingerprint density at radius 3 is 2.35 bits per heavy atom. The summed E-state index contributed by atoms with van der Waals surface area (Å²) < 4.78 is 0. The van der Waals surface area contributed by atoms with E-state index in [0.717, 1.165) is 37.1 Å². The third-order valence-electron chi connectivity index (χ3n) is 4.35. The average molecular weight is 325 g/mol. The number of benzene rings is 1. The molecule has 4 rings (SSSR count). The molecule has 0 atom stereocenters. The van der Waals surface area contributed by atoms with Crippen LogP contribution >= 0.6 is 11.6 Å². The van der Waals surface area contributed by atoms with Crippen LogP contribution in [0.15, 0.2) is 55.0 Å². The van der Waals surface area contributed by atoms with Gasteiger partial charge in [-0.3, -0.25) is 9.97 Å². The lowest BCUT2D eigenvalue weighted by molar-refractivity contribution is 0.654. The maximum Gasteiger partial charge on any atom is 0.0908 e. The van der Waals surface area contributed by atoms with Crippen LogP contribution in [0.25, 0.3) is 10.9 Å². The molecule has 2 aromatic heterocycles. The molecule has 0 amide bonds. The highest BCUT2D eigenvalue weighted by Gasteiger charge is 2.19. The van der Waals surface area contributed by atoms with E-state index in [1.807, 2.05) is 30.7 Å². The number of nitrogens with zero attached hydrogens (tertiary/aromatic N) is 4. The number of para-hydroxylation sites is 1. The van der Waals surface area contributed by atoms with Crippen LogP contribution in [-0.2, 0) is 0 Å². The van der Waals surface area contributed by atoms with E-state index in [-0.39, 0.29) is 0 Å². The van der Waals surface area contributed by atoms with Gasteiger partial charge in [0.25, 0.3) is 0 Å². The molecule has 0 saturated carbocycles. The zero-order valence-corrected chi connectivity index (χ0v) is 13.4. The number of anilines is 2. The molecule has 0 bridgehead atoms. The fraction of sp³-hybridized carbons (Fsp3) is 0.222. The monoisotopic (exact) mass is 324 g/mol. The van der Waals surface area contributed by atoms with E-state index >= 15 is 0 Å². The standard InChI is InChI=1S/C18H17ClN4/c19-16-3-1-2-15-17(6-9-21-18(15)16)23-12-10-22(11-13-23)14-4-7-20-8-5-14/h1-9H,10-13H2. The van der Waals surface area contributed by atoms with Crippen LogP contribution in [0, 0.1) is 0 Å². The van der Waals surface area contributed by atoms with Crippen LogP contribution in [0.4, 0.5) is 11.4 Å². The summed E-state index contributed by atoms with van der Waals surface area (Å²) in [6.45, 7) is 3.95. The van der Waals surface area contributed by atoms with Crippen molar-refractivity contribution in [2.75, 3.05) is 36.0 Å². The molecular formula is C18H17ClN4. The van der Waals surface area contributed by atoms with Crippen molar-refractivity contribution < 1.29 is 0 Å². The number of aromatic nitrogens is 2. The fourth-order valence-corrected chi connectivity index (χ4v) is 3.38. The molecule has 1 saturated heterocycles. The highest BCUT2D eigenvalue weighted by molar-refractivity contribution is 6.35. The molecule has 3 heterocycles. The summed E-state index contributed by atoms with van der Waals surface area (Å²) in [4.78, 5) is 13.3. The first-order chi connectivity index (χ1) is 11.3. The summed E-state index contributed by atoms with van der Waals surface area (Å²) in [5, 5.41) is 1.83. The second-order valence-corrected chi connectivity index (χ2v) is 6.05. The van der Waals surface area contributed by atoms with E-state index in [1.165, 1.54) is 11.4 Å². The Morgan fingerprint density at radius 1 is 0.826 bits per heavy atom. The molecule has 0 aliphatic carbocycles. The predicted molar refractivity (Wildman–Crippen MR) is 95.4 cm³/mol. The minimum Gasteiger partial charge on any atom is -0.368 e. The summed E-state index contributed by atoms with van der Waals surface area (Å²) in [5.41, 5.74) is 3.33. The molecule has 116 valence electrons. The molecule has 1 aromatic carbocycles. The van der Waals surface area contributed by atoms with Gasteiger partial charge in [0.05, 0.1) is 10.5 Å². The Hall–Kier alpha value is -2.33. The van der Waals surface area contributed by atoms with Gasteiger partial charge in [0, 0.05) is 61.5 Å². The van der Waals surface area contributed by atoms with Crippen molar-refractivity contribution in [3.63, 3.8) is 0 Å². The van der Waals surface area contributed by atoms with E-state index in [2.05, 4.69) is 44.0 Å². The van der Waals surface area contributed by atoms with E-state index in [0.29, 0.717) is 5.02 Å². The van der Waals surface area contributed by atoms with Crippen LogP contribution < -0.4 is 9.80 Å². The lowest BCUT2D eigenvalue weighted by Gasteiger charge is -2.37. The summed E-state index contributed by atoms with van der Waals surface area (Å²) in [7, 11) is 0. The molecule has 23 heavy (non-hydrogen) atoms. The van der Waals surface area contributed by atoms with Crippen molar-refractivity contribution in [2.24, 2.45) is 0 Å². The van der Waals surface area contributed by atoms with E-state index in [4.69, 9.17) is 11.6 Å². The van der Waals surface area contributed by atoms with Crippen LogP contribution in [0.1, 0.15) is 0 Å². The molecule has 1 aliphatic heterocycles. The summed E-state index contributed by atoms with van der Waals surface area (Å²) in [6.07, 6.45) is 5.54. The first kappa shape index (κ1) is 14.3. The zero-order valence-electron chi connectivity index (χ0n) is 12.7. The normalized spacial score (nSPS) is 15.2. The van der Waals surface area contributed by atoms with E-state index in [9.17, 15) is 0 Å². The predicted octanol–water partition coefficient (Wildman–Crippen LogP) is 3.61. The highest BCUT2D eigenvalue weighted by Crippen LogP contribution is 2.30. The molecule has 0 N–H and O–H groups in total. The van der Waals surface area contributed by atoms with Gasteiger partial charge in [-0.05, 0) is 24.3 Å². The molecule has 1 fully saturated rings. The molecule has 3 aromatic rings. The van der Waals surface area contributed by atoms with Gasteiger partial charge in [0.2, 0.25) is 0 Å². The maximum atomic E-state index is 6.28. The van der Waals surface area contributed by atoms with Crippen molar-refractivity contribution in [3.05, 3.63) is 60.0 Å². The Bertz CT molecular complexity index is 814. The second-order valence-electron chi connectivity index (χ2n) is 5.65. The Labute approximate surface area is 140 Å². The van der Waals surface area contributed by atoms with Gasteiger partial charge in [-0.2, -0.15) is 0 Å². The van der Waals surface area contributed by atoms with Gasteiger partial charge in [-0.25, -0.2) is 0 Å². The number of pyridine rings is 2. The Balaban J connectivity index is 1.58. The smallest absolute Gasteiger partial charge is 0.0908 e. The lowest BCUT2D eigenvalue weighted by Crippen LogP contribution is -2.46. The Morgan fingerprint density at radius 2 is 1.57 bits per heavy atom. The molecule has 0 unspecified atom stereocenters. The largest absolute Gasteiger partial charge is 0.368 e. The number of halogens is 1. The third kappa shape index (κ3) is 2.70. The van der Waals surface area contributed by atoms with Crippen molar-refractivity contribution in [3.8, 4) is 0 Å².